The summed E-state index contributed by atoms with van der Waals surface area (Å²) in [5, 5.41) is 5.84. The lowest BCUT2D eigenvalue weighted by Crippen LogP contribution is -2.42. The average molecular weight is 341 g/mol. The van der Waals surface area contributed by atoms with Crippen molar-refractivity contribution in [2.45, 2.75) is 32.4 Å². The van der Waals surface area contributed by atoms with E-state index in [2.05, 4.69) is 17.6 Å². The molecule has 1 unspecified atom stereocenters. The van der Waals surface area contributed by atoms with Gasteiger partial charge in [-0.25, -0.2) is 4.79 Å². The van der Waals surface area contributed by atoms with Crippen molar-refractivity contribution in [1.82, 2.24) is 15.5 Å². The summed E-state index contributed by atoms with van der Waals surface area (Å²) in [6, 6.07) is 7.05. The Kier molecular flexibility index (Phi) is 7.85. The van der Waals surface area contributed by atoms with E-state index in [1.807, 2.05) is 29.2 Å². The van der Waals surface area contributed by atoms with Gasteiger partial charge in [-0.3, -0.25) is 4.79 Å². The fourth-order valence-corrected chi connectivity index (χ4v) is 2.72. The molecule has 2 rings (SSSR count). The fraction of sp³-hybridized carbons (Fsp3) is 0.500. The van der Waals surface area contributed by atoms with Gasteiger partial charge in [-0.05, 0) is 37.1 Å². The minimum Gasteiger partial charge on any atom is -0.352 e. The van der Waals surface area contributed by atoms with Crippen LogP contribution in [-0.4, -0.2) is 42.5 Å². The smallest absolute Gasteiger partial charge is 0.312 e. The van der Waals surface area contributed by atoms with Crippen molar-refractivity contribution >= 4 is 24.3 Å². The van der Waals surface area contributed by atoms with Crippen molar-refractivity contribution < 1.29 is 9.59 Å². The van der Waals surface area contributed by atoms with Gasteiger partial charge in [0, 0.05) is 31.2 Å². The molecule has 0 radical (unpaired) electrons. The summed E-state index contributed by atoms with van der Waals surface area (Å²) in [6.07, 6.45) is 1.95. The molecule has 1 atom stereocenters. The molecule has 0 aromatic heterocycles. The van der Waals surface area contributed by atoms with Crippen LogP contribution in [0.15, 0.2) is 24.3 Å². The number of hydrogen-bond donors (Lipinski definition) is 3. The van der Waals surface area contributed by atoms with E-state index in [-0.39, 0.29) is 24.4 Å². The Labute approximate surface area is 143 Å². The monoisotopic (exact) mass is 340 g/mol. The SMILES string of the molecule is CCCN(C(=O)c1ccc(CNC(N)=O)cc1)C1CCNC1.Cl. The highest BCUT2D eigenvalue weighted by Gasteiger charge is 2.26. The molecule has 1 heterocycles. The van der Waals surface area contributed by atoms with Crippen molar-refractivity contribution in [3.8, 4) is 0 Å². The Morgan fingerprint density at radius 3 is 2.57 bits per heavy atom. The molecule has 3 amide bonds. The van der Waals surface area contributed by atoms with Crippen LogP contribution >= 0.6 is 12.4 Å². The molecule has 6 nitrogen and oxygen atoms in total. The number of carbonyl (C=O) groups is 2. The van der Waals surface area contributed by atoms with E-state index in [4.69, 9.17) is 5.73 Å². The van der Waals surface area contributed by atoms with Crippen LogP contribution in [0.2, 0.25) is 0 Å². The molecule has 1 aromatic rings. The normalized spacial score (nSPS) is 16.5. The van der Waals surface area contributed by atoms with E-state index in [1.165, 1.54) is 0 Å². The van der Waals surface area contributed by atoms with E-state index >= 15 is 0 Å². The highest BCUT2D eigenvalue weighted by Crippen LogP contribution is 2.15. The minimum atomic E-state index is -0.553. The first kappa shape index (κ1) is 19.3. The summed E-state index contributed by atoms with van der Waals surface area (Å²) in [6.45, 7) is 5.06. The second-order valence-corrected chi connectivity index (χ2v) is 5.56. The third-order valence-corrected chi connectivity index (χ3v) is 3.87. The first-order chi connectivity index (χ1) is 10.6. The average Bonchev–Trinajstić information content (AvgIpc) is 3.04. The third-order valence-electron chi connectivity index (χ3n) is 3.87. The van der Waals surface area contributed by atoms with E-state index < -0.39 is 6.03 Å². The first-order valence-electron chi connectivity index (χ1n) is 7.75. The van der Waals surface area contributed by atoms with Crippen LogP contribution in [0.25, 0.3) is 0 Å². The van der Waals surface area contributed by atoms with Crippen molar-refractivity contribution in [2.75, 3.05) is 19.6 Å². The van der Waals surface area contributed by atoms with Gasteiger partial charge in [0.2, 0.25) is 0 Å². The molecule has 1 aliphatic heterocycles. The number of nitrogens with zero attached hydrogens (tertiary/aromatic N) is 1. The summed E-state index contributed by atoms with van der Waals surface area (Å²) in [4.78, 5) is 25.4. The standard InChI is InChI=1S/C16H24N4O2.ClH/c1-2-9-20(14-7-8-18-11-14)15(21)13-5-3-12(4-6-13)10-19-16(17)22;/h3-6,14,18H,2,7-11H2,1H3,(H3,17,19,22);1H. The van der Waals surface area contributed by atoms with Gasteiger partial charge >= 0.3 is 6.03 Å². The van der Waals surface area contributed by atoms with Crippen molar-refractivity contribution in [3.63, 3.8) is 0 Å². The highest BCUT2D eigenvalue weighted by molar-refractivity contribution is 5.94. The number of primary amides is 1. The number of halogens is 1. The molecule has 1 aromatic carbocycles. The molecule has 0 aliphatic carbocycles. The third kappa shape index (κ3) is 5.41. The van der Waals surface area contributed by atoms with Gasteiger partial charge in [0.15, 0.2) is 0 Å². The number of hydrogen-bond acceptors (Lipinski definition) is 3. The number of carbonyl (C=O) groups excluding carboxylic acids is 2. The number of benzene rings is 1. The lowest BCUT2D eigenvalue weighted by molar-refractivity contribution is 0.0692. The van der Waals surface area contributed by atoms with Crippen LogP contribution in [0, 0.1) is 0 Å². The number of urea groups is 1. The van der Waals surface area contributed by atoms with Crippen LogP contribution < -0.4 is 16.4 Å². The lowest BCUT2D eigenvalue weighted by atomic mass is 10.1. The van der Waals surface area contributed by atoms with Gasteiger partial charge in [-0.2, -0.15) is 0 Å². The number of nitrogens with one attached hydrogen (secondary N) is 2. The van der Waals surface area contributed by atoms with Crippen molar-refractivity contribution in [3.05, 3.63) is 35.4 Å². The van der Waals surface area contributed by atoms with Crippen LogP contribution in [0.4, 0.5) is 4.79 Å². The van der Waals surface area contributed by atoms with E-state index in [9.17, 15) is 9.59 Å². The molecule has 1 fully saturated rings. The minimum absolute atomic E-state index is 0. The molecule has 1 saturated heterocycles. The largest absolute Gasteiger partial charge is 0.352 e. The maximum absolute atomic E-state index is 12.7. The first-order valence-corrected chi connectivity index (χ1v) is 7.75. The highest BCUT2D eigenvalue weighted by atomic mass is 35.5. The molecule has 0 bridgehead atoms. The molecular weight excluding hydrogens is 316 g/mol. The molecule has 7 heteroatoms. The molecule has 23 heavy (non-hydrogen) atoms. The predicted molar refractivity (Wildman–Crippen MR) is 92.7 cm³/mol. The van der Waals surface area contributed by atoms with E-state index in [0.717, 1.165) is 38.0 Å². The summed E-state index contributed by atoms with van der Waals surface area (Å²) < 4.78 is 0. The Morgan fingerprint density at radius 2 is 2.04 bits per heavy atom. The Bertz CT molecular complexity index is 515. The maximum Gasteiger partial charge on any atom is 0.312 e. The summed E-state index contributed by atoms with van der Waals surface area (Å²) in [7, 11) is 0. The molecule has 0 saturated carbocycles. The quantitative estimate of drug-likeness (QED) is 0.733. The number of rotatable bonds is 6. The van der Waals surface area contributed by atoms with Gasteiger partial charge in [0.25, 0.3) is 5.91 Å². The van der Waals surface area contributed by atoms with Crippen LogP contribution in [0.3, 0.4) is 0 Å². The van der Waals surface area contributed by atoms with Gasteiger partial charge < -0.3 is 21.3 Å². The summed E-state index contributed by atoms with van der Waals surface area (Å²) >= 11 is 0. The zero-order valence-electron chi connectivity index (χ0n) is 13.4. The van der Waals surface area contributed by atoms with E-state index in [0.29, 0.717) is 12.1 Å². The van der Waals surface area contributed by atoms with Gasteiger partial charge in [0.1, 0.15) is 0 Å². The second kappa shape index (κ2) is 9.37. The molecule has 4 N–H and O–H groups in total. The number of nitrogens with two attached hydrogens (primary N) is 1. The van der Waals surface area contributed by atoms with Gasteiger partial charge in [0.05, 0.1) is 0 Å². The zero-order valence-corrected chi connectivity index (χ0v) is 14.2. The Balaban J connectivity index is 0.00000264. The zero-order chi connectivity index (χ0) is 15.9. The molecule has 0 spiro atoms. The molecular formula is C16H25ClN4O2. The van der Waals surface area contributed by atoms with Crippen LogP contribution in [-0.2, 0) is 6.54 Å². The number of amides is 3. The molecule has 1 aliphatic rings. The fourth-order valence-electron chi connectivity index (χ4n) is 2.72. The van der Waals surface area contributed by atoms with Crippen LogP contribution in [0.5, 0.6) is 0 Å². The molecule has 128 valence electrons. The second-order valence-electron chi connectivity index (χ2n) is 5.56. The maximum atomic E-state index is 12.7. The van der Waals surface area contributed by atoms with Crippen LogP contribution in [0.1, 0.15) is 35.7 Å². The Morgan fingerprint density at radius 1 is 1.35 bits per heavy atom. The predicted octanol–water partition coefficient (Wildman–Crippen LogP) is 1.49. The summed E-state index contributed by atoms with van der Waals surface area (Å²) in [5.74, 6) is 0.0740. The topological polar surface area (TPSA) is 87.5 Å². The van der Waals surface area contributed by atoms with Gasteiger partial charge in [-0.15, -0.1) is 12.4 Å². The van der Waals surface area contributed by atoms with Crippen molar-refractivity contribution in [2.24, 2.45) is 5.73 Å². The van der Waals surface area contributed by atoms with Crippen molar-refractivity contribution in [1.29, 1.82) is 0 Å². The Hall–Kier alpha value is -1.79. The van der Waals surface area contributed by atoms with Gasteiger partial charge in [-0.1, -0.05) is 19.1 Å². The summed E-state index contributed by atoms with van der Waals surface area (Å²) in [5.41, 5.74) is 6.64. The van der Waals surface area contributed by atoms with E-state index in [1.54, 1.807) is 0 Å². The lowest BCUT2D eigenvalue weighted by Gasteiger charge is -2.28.